The minimum absolute atomic E-state index is 0.340. The second-order valence-corrected chi connectivity index (χ2v) is 3.92. The summed E-state index contributed by atoms with van der Waals surface area (Å²) in [5.41, 5.74) is 0. The molecule has 80 valence electrons. The van der Waals surface area contributed by atoms with Crippen LogP contribution in [0.2, 0.25) is 0 Å². The molecule has 0 radical (unpaired) electrons. The molecule has 0 spiro atoms. The monoisotopic (exact) mass is 200 g/mol. The highest BCUT2D eigenvalue weighted by atomic mass is 19.1. The van der Waals surface area contributed by atoms with Gasteiger partial charge in [0.1, 0.15) is 0 Å². The van der Waals surface area contributed by atoms with Crippen molar-refractivity contribution < 1.29 is 9.18 Å². The van der Waals surface area contributed by atoms with E-state index in [1.165, 1.54) is 4.90 Å². The van der Waals surface area contributed by atoms with Crippen molar-refractivity contribution in [3.8, 4) is 0 Å². The third-order valence-electron chi connectivity index (χ3n) is 2.65. The van der Waals surface area contributed by atoms with E-state index in [0.29, 0.717) is 19.1 Å². The molecule has 3 nitrogen and oxygen atoms in total. The topological polar surface area (TPSA) is 23.6 Å². The minimum atomic E-state index is -0.857. The maximum atomic E-state index is 12.6. The summed E-state index contributed by atoms with van der Waals surface area (Å²) in [5, 5.41) is 0. The van der Waals surface area contributed by atoms with Crippen LogP contribution in [0.15, 0.2) is 12.4 Å². The molecule has 14 heavy (non-hydrogen) atoms. The average molecular weight is 200 g/mol. The Morgan fingerprint density at radius 1 is 1.57 bits per heavy atom. The van der Waals surface area contributed by atoms with Crippen LogP contribution in [0.1, 0.15) is 12.8 Å². The quantitative estimate of drug-likeness (QED) is 0.621. The number of likely N-dealkylation sites (tertiary alicyclic amines) is 1. The molecule has 4 heteroatoms. The molecule has 0 aromatic rings. The number of hydrogen-bond donors (Lipinski definition) is 0. The van der Waals surface area contributed by atoms with Gasteiger partial charge in [-0.15, -0.1) is 0 Å². The van der Waals surface area contributed by atoms with Crippen LogP contribution in [0, 0.1) is 0 Å². The lowest BCUT2D eigenvalue weighted by Crippen LogP contribution is -2.47. The Balaban J connectivity index is 2.56. The van der Waals surface area contributed by atoms with Crippen LogP contribution in [0.3, 0.4) is 0 Å². The van der Waals surface area contributed by atoms with E-state index in [9.17, 15) is 9.18 Å². The molecule has 1 heterocycles. The Bertz CT molecular complexity index is 240. The first kappa shape index (κ1) is 11.2. The fourth-order valence-corrected chi connectivity index (χ4v) is 1.73. The largest absolute Gasteiger partial charge is 0.335 e. The minimum Gasteiger partial charge on any atom is -0.335 e. The predicted octanol–water partition coefficient (Wildman–Crippen LogP) is 1.02. The highest BCUT2D eigenvalue weighted by Gasteiger charge is 2.25. The highest BCUT2D eigenvalue weighted by molar-refractivity contribution is 5.90. The van der Waals surface area contributed by atoms with E-state index in [1.807, 2.05) is 14.1 Å². The molecule has 1 atom stereocenters. The summed E-state index contributed by atoms with van der Waals surface area (Å²) in [7, 11) is 3.95. The Hall–Kier alpha value is -0.900. The van der Waals surface area contributed by atoms with Crippen molar-refractivity contribution in [1.82, 2.24) is 9.80 Å². The first-order valence-corrected chi connectivity index (χ1v) is 4.82. The van der Waals surface area contributed by atoms with E-state index in [-0.39, 0.29) is 0 Å². The number of amides is 1. The molecular formula is C10H17FN2O. The number of hydrogen-bond acceptors (Lipinski definition) is 2. The molecule has 1 amide bonds. The van der Waals surface area contributed by atoms with Gasteiger partial charge in [0.2, 0.25) is 0 Å². The van der Waals surface area contributed by atoms with Crippen LogP contribution in [0.5, 0.6) is 0 Å². The van der Waals surface area contributed by atoms with Crippen LogP contribution in [-0.4, -0.2) is 48.9 Å². The maximum Gasteiger partial charge on any atom is 0.282 e. The van der Waals surface area contributed by atoms with Crippen molar-refractivity contribution in [3.63, 3.8) is 0 Å². The van der Waals surface area contributed by atoms with Crippen LogP contribution < -0.4 is 0 Å². The normalized spacial score (nSPS) is 22.6. The Labute approximate surface area is 84.2 Å². The molecule has 0 bridgehead atoms. The third-order valence-corrected chi connectivity index (χ3v) is 2.65. The summed E-state index contributed by atoms with van der Waals surface area (Å²) in [6.07, 6.45) is 2.00. The molecule has 1 saturated heterocycles. The smallest absolute Gasteiger partial charge is 0.282 e. The Morgan fingerprint density at radius 2 is 2.21 bits per heavy atom. The fourth-order valence-electron chi connectivity index (χ4n) is 1.73. The van der Waals surface area contributed by atoms with Crippen molar-refractivity contribution >= 4 is 5.91 Å². The van der Waals surface area contributed by atoms with E-state index in [1.54, 1.807) is 0 Å². The van der Waals surface area contributed by atoms with Crippen molar-refractivity contribution in [2.75, 3.05) is 27.2 Å². The summed E-state index contributed by atoms with van der Waals surface area (Å²) in [6.45, 7) is 4.28. The maximum absolute atomic E-state index is 12.6. The third kappa shape index (κ3) is 2.54. The molecule has 1 unspecified atom stereocenters. The van der Waals surface area contributed by atoms with E-state index in [0.717, 1.165) is 12.8 Å². The molecule has 0 aromatic heterocycles. The lowest BCUT2D eigenvalue weighted by Gasteiger charge is -2.35. The highest BCUT2D eigenvalue weighted by Crippen LogP contribution is 2.15. The lowest BCUT2D eigenvalue weighted by atomic mass is 10.0. The lowest BCUT2D eigenvalue weighted by molar-refractivity contribution is -0.130. The average Bonchev–Trinajstić information content (AvgIpc) is 2.16. The summed E-state index contributed by atoms with van der Waals surface area (Å²) >= 11 is 0. The van der Waals surface area contributed by atoms with Gasteiger partial charge in [-0.3, -0.25) is 4.79 Å². The van der Waals surface area contributed by atoms with Gasteiger partial charge in [0.15, 0.2) is 5.83 Å². The number of likely N-dealkylation sites (N-methyl/N-ethyl adjacent to an activating group) is 1. The number of nitrogens with zero attached hydrogens (tertiary/aromatic N) is 2. The molecule has 1 rings (SSSR count). The standard InChI is InChI=1S/C10H17FN2O/c1-8(11)10(14)13-6-4-5-9(7-13)12(2)3/h9H,1,4-7H2,2-3H3. The first-order chi connectivity index (χ1) is 6.52. The predicted molar refractivity (Wildman–Crippen MR) is 53.5 cm³/mol. The number of piperidine rings is 1. The van der Waals surface area contributed by atoms with Gasteiger partial charge in [0.05, 0.1) is 0 Å². The van der Waals surface area contributed by atoms with E-state index >= 15 is 0 Å². The summed E-state index contributed by atoms with van der Waals surface area (Å²) in [5.74, 6) is -1.42. The molecule has 0 saturated carbocycles. The molecule has 0 aromatic carbocycles. The van der Waals surface area contributed by atoms with Gasteiger partial charge in [0.25, 0.3) is 5.91 Å². The second-order valence-electron chi connectivity index (χ2n) is 3.92. The van der Waals surface area contributed by atoms with Crippen LogP contribution in [-0.2, 0) is 4.79 Å². The van der Waals surface area contributed by atoms with Gasteiger partial charge in [-0.1, -0.05) is 6.58 Å². The zero-order valence-corrected chi connectivity index (χ0v) is 8.79. The second kappa shape index (κ2) is 4.55. The Morgan fingerprint density at radius 3 is 2.71 bits per heavy atom. The van der Waals surface area contributed by atoms with E-state index < -0.39 is 11.7 Å². The van der Waals surface area contributed by atoms with Crippen molar-refractivity contribution in [2.45, 2.75) is 18.9 Å². The summed E-state index contributed by atoms with van der Waals surface area (Å²) in [4.78, 5) is 14.9. The Kier molecular flexibility index (Phi) is 3.63. The molecule has 0 aliphatic carbocycles. The van der Waals surface area contributed by atoms with Crippen LogP contribution >= 0.6 is 0 Å². The zero-order valence-electron chi connectivity index (χ0n) is 8.79. The van der Waals surface area contributed by atoms with E-state index in [2.05, 4.69) is 11.5 Å². The zero-order chi connectivity index (χ0) is 10.7. The molecule has 1 aliphatic rings. The molecule has 1 aliphatic heterocycles. The van der Waals surface area contributed by atoms with Gasteiger partial charge < -0.3 is 9.80 Å². The number of carbonyl (C=O) groups excluding carboxylic acids is 1. The first-order valence-electron chi connectivity index (χ1n) is 4.82. The number of rotatable bonds is 2. The van der Waals surface area contributed by atoms with Crippen LogP contribution in [0.4, 0.5) is 4.39 Å². The van der Waals surface area contributed by atoms with Gasteiger partial charge in [-0.25, -0.2) is 4.39 Å². The van der Waals surface area contributed by atoms with Gasteiger partial charge in [-0.05, 0) is 26.9 Å². The van der Waals surface area contributed by atoms with Crippen molar-refractivity contribution in [1.29, 1.82) is 0 Å². The molecule has 1 fully saturated rings. The van der Waals surface area contributed by atoms with Gasteiger partial charge in [0, 0.05) is 19.1 Å². The SMILES string of the molecule is C=C(F)C(=O)N1CCCC(N(C)C)C1. The summed E-state index contributed by atoms with van der Waals surface area (Å²) in [6, 6.07) is 0.340. The van der Waals surface area contributed by atoms with Gasteiger partial charge in [-0.2, -0.15) is 0 Å². The van der Waals surface area contributed by atoms with Crippen LogP contribution in [0.25, 0.3) is 0 Å². The molecular weight excluding hydrogens is 183 g/mol. The van der Waals surface area contributed by atoms with E-state index in [4.69, 9.17) is 0 Å². The van der Waals surface area contributed by atoms with Gasteiger partial charge >= 0.3 is 0 Å². The number of carbonyl (C=O) groups is 1. The van der Waals surface area contributed by atoms with Crippen molar-refractivity contribution in [3.05, 3.63) is 12.4 Å². The summed E-state index contributed by atoms with van der Waals surface area (Å²) < 4.78 is 12.6. The molecule has 0 N–H and O–H groups in total. The number of halogens is 1. The van der Waals surface area contributed by atoms with Crippen molar-refractivity contribution in [2.24, 2.45) is 0 Å². The fraction of sp³-hybridized carbons (Fsp3) is 0.700.